The van der Waals surface area contributed by atoms with Crippen molar-refractivity contribution in [1.82, 2.24) is 14.7 Å². The summed E-state index contributed by atoms with van der Waals surface area (Å²) in [6.45, 7) is 1.43. The standard InChI is InChI=1S/C57H54N4O8/c1-59(35-38-16-7-4-8-17-38)28-15-18-37-25-26-45-44(32-37)57(56(65)58-45)49(54(63)60-29-27-41-33-47(66-2)48(67-3)34-42(41)36-60)51-55(64)69-52(40-21-11-6-12-22-40)50(39-19-9-5-10-20-39)61(51)53(57)43-23-13-14-24-46(43)68-31-30-62/h4-14,16-17,19-26,32-34,49-53,62H,27-31,35-36H2,1-3H3,(H,58,65)/t49-,50-,51-,52+,53+,57-/m0/s1. The molecule has 0 radical (unpaired) electrons. The normalized spacial score (nSPS) is 22.4. The maximum atomic E-state index is 16.3. The minimum absolute atomic E-state index is 0.0258. The van der Waals surface area contributed by atoms with Crippen molar-refractivity contribution in [3.05, 3.63) is 190 Å². The van der Waals surface area contributed by atoms with Crippen LogP contribution in [0.1, 0.15) is 62.7 Å². The van der Waals surface area contributed by atoms with Crippen LogP contribution in [-0.2, 0) is 44.0 Å². The van der Waals surface area contributed by atoms with Crippen molar-refractivity contribution in [2.45, 2.75) is 49.2 Å². The fraction of sp³-hybridized carbons (Fsp3) is 0.281. The number of para-hydroxylation sites is 1. The third kappa shape index (κ3) is 8.16. The average molecular weight is 923 g/mol. The molecule has 12 nitrogen and oxygen atoms in total. The zero-order valence-corrected chi connectivity index (χ0v) is 38.8. The van der Waals surface area contributed by atoms with E-state index < -0.39 is 47.4 Å². The zero-order valence-electron chi connectivity index (χ0n) is 38.8. The molecule has 10 rings (SSSR count). The smallest absolute Gasteiger partial charge is 0.324 e. The van der Waals surface area contributed by atoms with Crippen molar-refractivity contribution in [1.29, 1.82) is 0 Å². The number of nitrogens with one attached hydrogen (secondary N) is 1. The Morgan fingerprint density at radius 1 is 0.812 bits per heavy atom. The molecule has 0 saturated carbocycles. The lowest BCUT2D eigenvalue weighted by Gasteiger charge is -2.46. The van der Waals surface area contributed by atoms with Gasteiger partial charge in [0.05, 0.1) is 45.4 Å². The number of esters is 1. The number of methoxy groups -OCH3 is 2. The van der Waals surface area contributed by atoms with E-state index >= 15 is 14.4 Å². The fourth-order valence-electron chi connectivity index (χ4n) is 11.1. The predicted octanol–water partition coefficient (Wildman–Crippen LogP) is 7.41. The van der Waals surface area contributed by atoms with Gasteiger partial charge in [0.25, 0.3) is 0 Å². The lowest BCUT2D eigenvalue weighted by atomic mass is 9.64. The highest BCUT2D eigenvalue weighted by atomic mass is 16.6. The topological polar surface area (TPSA) is 130 Å². The first-order valence-corrected chi connectivity index (χ1v) is 23.4. The van der Waals surface area contributed by atoms with Gasteiger partial charge in [0.15, 0.2) is 11.5 Å². The Hall–Kier alpha value is -7.43. The third-order valence-electron chi connectivity index (χ3n) is 14.0. The summed E-state index contributed by atoms with van der Waals surface area (Å²) in [5.74, 6) is 5.53. The van der Waals surface area contributed by atoms with Gasteiger partial charge in [-0.1, -0.05) is 121 Å². The number of aliphatic hydroxyl groups is 1. The molecule has 4 aliphatic heterocycles. The number of fused-ring (bicyclic) bond motifs is 4. The van der Waals surface area contributed by atoms with Gasteiger partial charge in [0.2, 0.25) is 11.8 Å². The molecule has 2 N–H and O–H groups in total. The molecule has 12 heteroatoms. The number of ether oxygens (including phenoxy) is 4. The van der Waals surface area contributed by atoms with Gasteiger partial charge in [-0.3, -0.25) is 24.2 Å². The minimum Gasteiger partial charge on any atom is -0.493 e. The van der Waals surface area contributed by atoms with E-state index in [0.717, 1.165) is 22.3 Å². The summed E-state index contributed by atoms with van der Waals surface area (Å²) in [5, 5.41) is 13.3. The highest BCUT2D eigenvalue weighted by molar-refractivity contribution is 6.12. The van der Waals surface area contributed by atoms with Gasteiger partial charge in [-0.05, 0) is 83.2 Å². The van der Waals surface area contributed by atoms with Crippen LogP contribution in [0.2, 0.25) is 0 Å². The molecule has 0 bridgehead atoms. The molecular weight excluding hydrogens is 869 g/mol. The molecule has 2 amide bonds. The van der Waals surface area contributed by atoms with Crippen molar-refractivity contribution >= 4 is 23.5 Å². The van der Waals surface area contributed by atoms with Gasteiger partial charge in [0, 0.05) is 36.4 Å². The van der Waals surface area contributed by atoms with Gasteiger partial charge >= 0.3 is 5.97 Å². The monoisotopic (exact) mass is 922 g/mol. The van der Waals surface area contributed by atoms with Crippen LogP contribution in [0.5, 0.6) is 17.2 Å². The highest BCUT2D eigenvalue weighted by Gasteiger charge is 2.74. The van der Waals surface area contributed by atoms with E-state index in [1.807, 2.05) is 141 Å². The van der Waals surface area contributed by atoms with Crippen LogP contribution in [0.3, 0.4) is 0 Å². The maximum absolute atomic E-state index is 16.3. The van der Waals surface area contributed by atoms with Gasteiger partial charge in [-0.2, -0.15) is 0 Å². The number of cyclic esters (lactones) is 1. The Balaban J connectivity index is 1.19. The highest BCUT2D eigenvalue weighted by Crippen LogP contribution is 2.66. The average Bonchev–Trinajstić information content (AvgIpc) is 3.86. The predicted molar refractivity (Wildman–Crippen MR) is 260 cm³/mol. The Morgan fingerprint density at radius 2 is 1.48 bits per heavy atom. The van der Waals surface area contributed by atoms with Crippen molar-refractivity contribution < 1.29 is 38.4 Å². The number of carbonyl (C=O) groups is 3. The molecule has 4 aliphatic rings. The first kappa shape index (κ1) is 45.4. The van der Waals surface area contributed by atoms with Gasteiger partial charge in [0.1, 0.15) is 29.9 Å². The second-order valence-electron chi connectivity index (χ2n) is 18.0. The SMILES string of the molecule is COc1cc2c(cc1OC)CN(C(=O)[C@@H]1[C@H]3C(=O)O[C@H](c4ccccc4)[C@H](c4ccccc4)N3[C@H](c3ccccc3OCCO)[C@@]13C(=O)Nc1ccc(C#CCN(C)Cc4ccccc4)cc13)CC2. The summed E-state index contributed by atoms with van der Waals surface area (Å²) < 4.78 is 24.4. The maximum Gasteiger partial charge on any atom is 0.324 e. The molecule has 6 atom stereocenters. The Kier molecular flexibility index (Phi) is 12.7. The minimum atomic E-state index is -1.76. The largest absolute Gasteiger partial charge is 0.493 e. The van der Waals surface area contributed by atoms with E-state index in [9.17, 15) is 5.11 Å². The van der Waals surface area contributed by atoms with E-state index in [1.54, 1.807) is 19.1 Å². The van der Waals surface area contributed by atoms with E-state index in [0.29, 0.717) is 65.7 Å². The summed E-state index contributed by atoms with van der Waals surface area (Å²) in [6.07, 6.45) is -0.333. The number of benzene rings is 6. The number of hydrogen-bond acceptors (Lipinski definition) is 10. The first-order chi connectivity index (χ1) is 33.7. The van der Waals surface area contributed by atoms with Crippen LogP contribution in [0.4, 0.5) is 5.69 Å². The summed E-state index contributed by atoms with van der Waals surface area (Å²) in [4.78, 5) is 53.7. The van der Waals surface area contributed by atoms with Crippen molar-refractivity contribution in [3.8, 4) is 29.1 Å². The van der Waals surface area contributed by atoms with E-state index in [-0.39, 0.29) is 25.7 Å². The second-order valence-corrected chi connectivity index (χ2v) is 18.0. The molecule has 2 saturated heterocycles. The molecule has 4 heterocycles. The van der Waals surface area contributed by atoms with Crippen molar-refractivity contribution in [3.63, 3.8) is 0 Å². The van der Waals surface area contributed by atoms with E-state index in [1.165, 1.54) is 5.56 Å². The third-order valence-corrected chi connectivity index (χ3v) is 14.0. The molecule has 0 aromatic heterocycles. The second kappa shape index (κ2) is 19.3. The van der Waals surface area contributed by atoms with E-state index in [4.69, 9.17) is 18.9 Å². The number of amides is 2. The molecule has 0 aliphatic carbocycles. The van der Waals surface area contributed by atoms with Crippen LogP contribution in [-0.4, -0.2) is 91.2 Å². The molecule has 6 aromatic rings. The van der Waals surface area contributed by atoms with Gasteiger partial charge < -0.3 is 34.3 Å². The van der Waals surface area contributed by atoms with Crippen LogP contribution in [0.15, 0.2) is 146 Å². The number of rotatable bonds is 12. The van der Waals surface area contributed by atoms with Crippen LogP contribution < -0.4 is 19.5 Å². The van der Waals surface area contributed by atoms with E-state index in [2.05, 4.69) is 39.1 Å². The number of hydrogen-bond donors (Lipinski definition) is 2. The lowest BCUT2D eigenvalue weighted by Crippen LogP contribution is -2.56. The zero-order chi connectivity index (χ0) is 47.6. The fourth-order valence-corrected chi connectivity index (χ4v) is 11.1. The van der Waals surface area contributed by atoms with Crippen LogP contribution >= 0.6 is 0 Å². The van der Waals surface area contributed by atoms with Crippen molar-refractivity contribution in [2.75, 3.05) is 52.9 Å². The first-order valence-electron chi connectivity index (χ1n) is 23.4. The quantitative estimate of drug-likeness (QED) is 0.0946. The Labute approximate surface area is 402 Å². The number of carbonyl (C=O) groups excluding carboxylic acids is 3. The molecule has 0 unspecified atom stereocenters. The van der Waals surface area contributed by atoms with Gasteiger partial charge in [-0.15, -0.1) is 0 Å². The Bertz CT molecular complexity index is 2940. The molecule has 2 fully saturated rings. The number of morpholine rings is 1. The summed E-state index contributed by atoms with van der Waals surface area (Å²) in [5.41, 5.74) is 5.19. The molecular formula is C57H54N4O8. The van der Waals surface area contributed by atoms with Gasteiger partial charge in [-0.25, -0.2) is 0 Å². The molecule has 350 valence electrons. The lowest BCUT2D eigenvalue weighted by molar-refractivity contribution is -0.179. The molecule has 6 aromatic carbocycles. The summed E-state index contributed by atoms with van der Waals surface area (Å²) in [7, 11) is 5.19. The molecule has 69 heavy (non-hydrogen) atoms. The number of anilines is 1. The number of aliphatic hydroxyl groups excluding tert-OH is 1. The summed E-state index contributed by atoms with van der Waals surface area (Å²) in [6, 6.07) is 43.6. The van der Waals surface area contributed by atoms with Crippen molar-refractivity contribution in [2.24, 2.45) is 5.92 Å². The van der Waals surface area contributed by atoms with Crippen LogP contribution in [0, 0.1) is 17.8 Å². The van der Waals surface area contributed by atoms with Crippen LogP contribution in [0.25, 0.3) is 0 Å². The number of nitrogens with zero attached hydrogens (tertiary/aromatic N) is 3. The summed E-state index contributed by atoms with van der Waals surface area (Å²) >= 11 is 0. The Morgan fingerprint density at radius 3 is 2.19 bits per heavy atom. The molecule has 1 spiro atoms.